The van der Waals surface area contributed by atoms with E-state index >= 15 is 0 Å². The van der Waals surface area contributed by atoms with Gasteiger partial charge >= 0.3 is 5.69 Å². The average Bonchev–Trinajstić information content (AvgIpc) is 2.92. The van der Waals surface area contributed by atoms with Crippen molar-refractivity contribution in [2.24, 2.45) is 0 Å². The summed E-state index contributed by atoms with van der Waals surface area (Å²) < 4.78 is 23.6. The Hall–Kier alpha value is -1.56. The Kier molecular flexibility index (Phi) is 5.37. The second kappa shape index (κ2) is 7.36. The SMILES string of the molecule is COC1(O[C@@H]2[C@H](O)[C@@H](CO)O[C@H]2n2ccc(=O)[nH]c2=O)CCOCC1. The van der Waals surface area contributed by atoms with Crippen LogP contribution in [0.4, 0.5) is 0 Å². The van der Waals surface area contributed by atoms with E-state index in [1.54, 1.807) is 0 Å². The van der Waals surface area contributed by atoms with Crippen molar-refractivity contribution in [3.63, 3.8) is 0 Å². The second-order valence-electron chi connectivity index (χ2n) is 6.07. The first-order valence-corrected chi connectivity index (χ1v) is 8.06. The molecule has 0 spiro atoms. The van der Waals surface area contributed by atoms with E-state index in [4.69, 9.17) is 18.9 Å². The third kappa shape index (κ3) is 3.54. The van der Waals surface area contributed by atoms with Gasteiger partial charge in [-0.1, -0.05) is 0 Å². The lowest BCUT2D eigenvalue weighted by atomic mass is 10.1. The second-order valence-corrected chi connectivity index (χ2v) is 6.07. The Bertz CT molecular complexity index is 695. The van der Waals surface area contributed by atoms with E-state index < -0.39 is 48.2 Å². The maximum atomic E-state index is 12.1. The Labute approximate surface area is 142 Å². The summed E-state index contributed by atoms with van der Waals surface area (Å²) in [6, 6.07) is 1.17. The highest BCUT2D eigenvalue weighted by molar-refractivity contribution is 4.95. The number of nitrogens with zero attached hydrogens (tertiary/aromatic N) is 1. The van der Waals surface area contributed by atoms with Crippen LogP contribution in [0.5, 0.6) is 0 Å². The van der Waals surface area contributed by atoms with E-state index in [1.165, 1.54) is 19.4 Å². The smallest absolute Gasteiger partial charge is 0.330 e. The Morgan fingerprint density at radius 2 is 2.12 bits per heavy atom. The number of aliphatic hydroxyl groups is 2. The molecular weight excluding hydrogens is 336 g/mol. The van der Waals surface area contributed by atoms with Crippen LogP contribution in [0.1, 0.15) is 19.1 Å². The summed E-state index contributed by atoms with van der Waals surface area (Å²) in [6.45, 7) is 0.424. The molecule has 4 atom stereocenters. The molecule has 10 nitrogen and oxygen atoms in total. The third-order valence-corrected chi connectivity index (χ3v) is 4.60. The van der Waals surface area contributed by atoms with Crippen molar-refractivity contribution >= 4 is 0 Å². The van der Waals surface area contributed by atoms with Gasteiger partial charge in [0.05, 0.1) is 19.8 Å². The predicted octanol–water partition coefficient (Wildman–Crippen LogP) is -1.67. The molecule has 1 aromatic heterocycles. The molecule has 3 rings (SSSR count). The molecule has 0 unspecified atom stereocenters. The molecule has 3 N–H and O–H groups in total. The molecule has 2 aliphatic heterocycles. The molecule has 0 saturated carbocycles. The minimum atomic E-state index is -1.18. The van der Waals surface area contributed by atoms with Gasteiger partial charge in [-0.05, 0) is 0 Å². The molecule has 0 amide bonds. The van der Waals surface area contributed by atoms with Crippen LogP contribution in [-0.4, -0.2) is 70.8 Å². The maximum absolute atomic E-state index is 12.1. The number of ether oxygens (including phenoxy) is 4. The van der Waals surface area contributed by atoms with Crippen LogP contribution >= 0.6 is 0 Å². The number of nitrogens with one attached hydrogen (secondary N) is 1. The van der Waals surface area contributed by atoms with E-state index in [1.807, 2.05) is 0 Å². The molecule has 3 heterocycles. The molecule has 0 bridgehead atoms. The van der Waals surface area contributed by atoms with E-state index in [2.05, 4.69) is 4.98 Å². The van der Waals surface area contributed by atoms with Gasteiger partial charge in [-0.25, -0.2) is 4.79 Å². The largest absolute Gasteiger partial charge is 0.394 e. The Morgan fingerprint density at radius 3 is 2.72 bits per heavy atom. The highest BCUT2D eigenvalue weighted by Crippen LogP contribution is 2.37. The molecule has 25 heavy (non-hydrogen) atoms. The molecule has 140 valence electrons. The molecule has 0 radical (unpaired) electrons. The molecule has 2 fully saturated rings. The number of aromatic nitrogens is 2. The van der Waals surface area contributed by atoms with Crippen LogP contribution in [-0.2, 0) is 18.9 Å². The fraction of sp³-hybridized carbons (Fsp3) is 0.733. The molecule has 0 aliphatic carbocycles. The van der Waals surface area contributed by atoms with E-state index in [-0.39, 0.29) is 0 Å². The van der Waals surface area contributed by atoms with Gasteiger partial charge < -0.3 is 29.2 Å². The maximum Gasteiger partial charge on any atom is 0.330 e. The van der Waals surface area contributed by atoms with Gasteiger partial charge in [0.25, 0.3) is 5.56 Å². The van der Waals surface area contributed by atoms with Gasteiger partial charge in [-0.3, -0.25) is 14.3 Å². The monoisotopic (exact) mass is 358 g/mol. The first-order chi connectivity index (χ1) is 12.0. The number of methoxy groups -OCH3 is 1. The summed E-state index contributed by atoms with van der Waals surface area (Å²) in [4.78, 5) is 25.5. The van der Waals surface area contributed by atoms with Crippen molar-refractivity contribution in [1.82, 2.24) is 9.55 Å². The van der Waals surface area contributed by atoms with Gasteiger partial charge in [0.1, 0.15) is 18.3 Å². The van der Waals surface area contributed by atoms with E-state index in [9.17, 15) is 19.8 Å². The van der Waals surface area contributed by atoms with Gasteiger partial charge in [-0.2, -0.15) is 0 Å². The topological polar surface area (TPSA) is 132 Å². The minimum absolute atomic E-state index is 0.435. The van der Waals surface area contributed by atoms with Crippen LogP contribution in [0.25, 0.3) is 0 Å². The first-order valence-electron chi connectivity index (χ1n) is 8.06. The predicted molar refractivity (Wildman–Crippen MR) is 83.0 cm³/mol. The van der Waals surface area contributed by atoms with Gasteiger partial charge in [0, 0.05) is 32.2 Å². The third-order valence-electron chi connectivity index (χ3n) is 4.60. The molecule has 0 aromatic carbocycles. The van der Waals surface area contributed by atoms with Crippen LogP contribution < -0.4 is 11.2 Å². The summed E-state index contributed by atoms with van der Waals surface area (Å²) in [5.74, 6) is -0.984. The Morgan fingerprint density at radius 1 is 1.40 bits per heavy atom. The first kappa shape index (κ1) is 18.2. The molecule has 2 saturated heterocycles. The lowest BCUT2D eigenvalue weighted by molar-refractivity contribution is -0.293. The van der Waals surface area contributed by atoms with E-state index in [0.717, 1.165) is 4.57 Å². The number of hydrogen-bond donors (Lipinski definition) is 3. The normalized spacial score (nSPS) is 32.0. The zero-order chi connectivity index (χ0) is 18.0. The number of H-pyrrole nitrogens is 1. The summed E-state index contributed by atoms with van der Waals surface area (Å²) in [7, 11) is 1.50. The molecular formula is C15H22N2O8. The minimum Gasteiger partial charge on any atom is -0.394 e. The Balaban J connectivity index is 1.92. The summed E-state index contributed by atoms with van der Waals surface area (Å²) >= 11 is 0. The van der Waals surface area contributed by atoms with Crippen molar-refractivity contribution in [1.29, 1.82) is 0 Å². The van der Waals surface area contributed by atoms with Crippen molar-refractivity contribution in [3.05, 3.63) is 33.1 Å². The lowest BCUT2D eigenvalue weighted by Crippen LogP contribution is -2.49. The molecule has 10 heteroatoms. The number of aromatic amines is 1. The molecule has 2 aliphatic rings. The fourth-order valence-electron chi connectivity index (χ4n) is 3.15. The summed E-state index contributed by atoms with van der Waals surface area (Å²) in [5, 5.41) is 19.9. The summed E-state index contributed by atoms with van der Waals surface area (Å²) in [5.41, 5.74) is -1.25. The van der Waals surface area contributed by atoms with Gasteiger partial charge in [-0.15, -0.1) is 0 Å². The standard InChI is InChI=1S/C15H22N2O8/c1-22-15(3-6-23-7-4-15)25-12-11(20)9(8-18)24-13(12)17-5-2-10(19)16-14(17)21/h2,5,9,11-13,18,20H,3-4,6-8H2,1H3,(H,16,19,21)/t9-,11-,12-,13-/m1/s1. The number of hydrogen-bond acceptors (Lipinski definition) is 8. The number of rotatable bonds is 5. The van der Waals surface area contributed by atoms with Gasteiger partial charge in [0.15, 0.2) is 12.0 Å². The van der Waals surface area contributed by atoms with Crippen LogP contribution in [0, 0.1) is 0 Å². The van der Waals surface area contributed by atoms with Crippen LogP contribution in [0.15, 0.2) is 21.9 Å². The van der Waals surface area contributed by atoms with Crippen molar-refractivity contribution in [3.8, 4) is 0 Å². The lowest BCUT2D eigenvalue weighted by Gasteiger charge is -2.39. The van der Waals surface area contributed by atoms with Crippen molar-refractivity contribution in [2.45, 2.75) is 43.2 Å². The molecule has 1 aromatic rings. The number of aliphatic hydroxyl groups excluding tert-OH is 2. The van der Waals surface area contributed by atoms with Gasteiger partial charge in [0.2, 0.25) is 0 Å². The van der Waals surface area contributed by atoms with E-state index in [0.29, 0.717) is 26.1 Å². The fourth-order valence-corrected chi connectivity index (χ4v) is 3.15. The average molecular weight is 358 g/mol. The quantitative estimate of drug-likeness (QED) is 0.532. The zero-order valence-electron chi connectivity index (χ0n) is 13.8. The zero-order valence-corrected chi connectivity index (χ0v) is 13.8. The van der Waals surface area contributed by atoms with Crippen LogP contribution in [0.3, 0.4) is 0 Å². The van der Waals surface area contributed by atoms with Crippen LogP contribution in [0.2, 0.25) is 0 Å². The van der Waals surface area contributed by atoms with Crippen molar-refractivity contribution in [2.75, 3.05) is 26.9 Å². The highest BCUT2D eigenvalue weighted by Gasteiger charge is 2.50. The highest BCUT2D eigenvalue weighted by atomic mass is 16.7. The van der Waals surface area contributed by atoms with Crippen molar-refractivity contribution < 1.29 is 29.2 Å². The summed E-state index contributed by atoms with van der Waals surface area (Å²) in [6.07, 6.45) is -1.94.